The van der Waals surface area contributed by atoms with Gasteiger partial charge >= 0.3 is 0 Å². The Kier molecular flexibility index (Phi) is 4.83. The fraction of sp³-hybridized carbons (Fsp3) is 1.00. The van der Waals surface area contributed by atoms with E-state index in [0.29, 0.717) is 6.04 Å². The monoisotopic (exact) mass is 240 g/mol. The van der Waals surface area contributed by atoms with Crippen LogP contribution >= 0.6 is 0 Å². The minimum absolute atomic E-state index is 0.213. The fourth-order valence-electron chi connectivity index (χ4n) is 2.29. The first-order valence-corrected chi connectivity index (χ1v) is 7.27. The quantitative estimate of drug-likeness (QED) is 0.640. The Morgan fingerprint density at radius 1 is 1.12 bits per heavy atom. The molecule has 3 heteroatoms. The second-order valence-corrected chi connectivity index (χ2v) is 6.32. The minimum Gasteiger partial charge on any atom is -0.390 e. The molecule has 1 atom stereocenters. The Labute approximate surface area is 106 Å². The normalized spacial score (nSPS) is 22.4. The van der Waals surface area contributed by atoms with Crippen LogP contribution in [-0.2, 0) is 0 Å². The molecule has 100 valence electrons. The second-order valence-electron chi connectivity index (χ2n) is 6.32. The third kappa shape index (κ3) is 5.84. The molecule has 0 bridgehead atoms. The van der Waals surface area contributed by atoms with Gasteiger partial charge in [0, 0.05) is 32.2 Å². The summed E-state index contributed by atoms with van der Waals surface area (Å²) in [5.74, 6) is 1.86. The predicted octanol–water partition coefficient (Wildman–Crippen LogP) is 1.47. The maximum Gasteiger partial charge on any atom is 0.0791 e. The summed E-state index contributed by atoms with van der Waals surface area (Å²) in [6.45, 7) is 8.26. The number of nitrogens with zero attached hydrogens (tertiary/aromatic N) is 1. The number of aliphatic hydroxyl groups is 1. The van der Waals surface area contributed by atoms with Crippen LogP contribution in [-0.4, -0.2) is 48.3 Å². The van der Waals surface area contributed by atoms with Gasteiger partial charge in [0.2, 0.25) is 0 Å². The lowest BCUT2D eigenvalue weighted by molar-refractivity contribution is 0.104. The van der Waals surface area contributed by atoms with Crippen LogP contribution in [0.25, 0.3) is 0 Å². The molecule has 0 aromatic rings. The average Bonchev–Trinajstić information content (AvgIpc) is 3.10. The van der Waals surface area contributed by atoms with Gasteiger partial charge < -0.3 is 15.3 Å². The van der Waals surface area contributed by atoms with Crippen molar-refractivity contribution in [3.05, 3.63) is 0 Å². The fourth-order valence-corrected chi connectivity index (χ4v) is 2.29. The van der Waals surface area contributed by atoms with Crippen molar-refractivity contribution in [2.24, 2.45) is 11.8 Å². The number of rotatable bonds is 9. The molecule has 0 radical (unpaired) electrons. The lowest BCUT2D eigenvalue weighted by atomic mass is 10.2. The number of nitrogens with one attached hydrogen (secondary N) is 1. The molecule has 0 amide bonds. The Balaban J connectivity index is 1.66. The van der Waals surface area contributed by atoms with Gasteiger partial charge in [-0.2, -0.15) is 0 Å². The van der Waals surface area contributed by atoms with E-state index in [1.165, 1.54) is 38.8 Å². The second kappa shape index (κ2) is 6.17. The van der Waals surface area contributed by atoms with Crippen LogP contribution < -0.4 is 5.32 Å². The Morgan fingerprint density at radius 3 is 2.06 bits per heavy atom. The highest BCUT2D eigenvalue weighted by Gasteiger charge is 2.29. The summed E-state index contributed by atoms with van der Waals surface area (Å²) < 4.78 is 0. The lowest BCUT2D eigenvalue weighted by Gasteiger charge is -2.25. The van der Waals surface area contributed by atoms with E-state index >= 15 is 0 Å². The van der Waals surface area contributed by atoms with Gasteiger partial charge in [-0.15, -0.1) is 0 Å². The molecule has 2 fully saturated rings. The highest BCUT2D eigenvalue weighted by Crippen LogP contribution is 2.33. The van der Waals surface area contributed by atoms with E-state index in [2.05, 4.69) is 24.1 Å². The van der Waals surface area contributed by atoms with Gasteiger partial charge in [-0.05, 0) is 37.5 Å². The van der Waals surface area contributed by atoms with Crippen molar-refractivity contribution in [2.75, 3.05) is 26.2 Å². The van der Waals surface area contributed by atoms with Crippen molar-refractivity contribution in [2.45, 2.75) is 51.7 Å². The van der Waals surface area contributed by atoms with Gasteiger partial charge in [0.15, 0.2) is 0 Å². The van der Waals surface area contributed by atoms with Gasteiger partial charge in [0.25, 0.3) is 0 Å². The van der Waals surface area contributed by atoms with Crippen molar-refractivity contribution in [1.82, 2.24) is 10.2 Å². The highest BCUT2D eigenvalue weighted by atomic mass is 16.3. The zero-order valence-corrected chi connectivity index (χ0v) is 11.4. The zero-order valence-electron chi connectivity index (χ0n) is 11.4. The van der Waals surface area contributed by atoms with Crippen molar-refractivity contribution in [1.29, 1.82) is 0 Å². The standard InChI is InChI=1S/C14H28N2O/c1-11(2)15-7-14(17)10-16(8-12-3-4-12)9-13-5-6-13/h11-15,17H,3-10H2,1-2H3. The van der Waals surface area contributed by atoms with Crippen molar-refractivity contribution in [3.63, 3.8) is 0 Å². The van der Waals surface area contributed by atoms with Gasteiger partial charge in [0.05, 0.1) is 6.10 Å². The lowest BCUT2D eigenvalue weighted by Crippen LogP contribution is -2.41. The molecule has 2 saturated carbocycles. The van der Waals surface area contributed by atoms with Crippen molar-refractivity contribution < 1.29 is 5.11 Å². The molecule has 1 unspecified atom stereocenters. The molecule has 0 saturated heterocycles. The molecule has 0 spiro atoms. The third-order valence-corrected chi connectivity index (χ3v) is 3.66. The summed E-state index contributed by atoms with van der Waals surface area (Å²) in [5, 5.41) is 13.3. The topological polar surface area (TPSA) is 35.5 Å². The zero-order chi connectivity index (χ0) is 12.3. The molecule has 0 aromatic heterocycles. The van der Waals surface area contributed by atoms with E-state index in [9.17, 15) is 5.11 Å². The number of hydrogen-bond donors (Lipinski definition) is 2. The SMILES string of the molecule is CC(C)NCC(O)CN(CC1CC1)CC1CC1. The van der Waals surface area contributed by atoms with Gasteiger partial charge in [-0.1, -0.05) is 13.8 Å². The minimum atomic E-state index is -0.213. The first kappa shape index (κ1) is 13.3. The van der Waals surface area contributed by atoms with E-state index in [-0.39, 0.29) is 6.10 Å². The molecule has 2 aliphatic carbocycles. The first-order valence-electron chi connectivity index (χ1n) is 7.27. The smallest absolute Gasteiger partial charge is 0.0791 e. The molecular weight excluding hydrogens is 212 g/mol. The van der Waals surface area contributed by atoms with Crippen LogP contribution in [0.15, 0.2) is 0 Å². The maximum atomic E-state index is 10.0. The van der Waals surface area contributed by atoms with Crippen LogP contribution in [0.4, 0.5) is 0 Å². The number of hydrogen-bond acceptors (Lipinski definition) is 3. The third-order valence-electron chi connectivity index (χ3n) is 3.66. The molecule has 0 aromatic carbocycles. The molecule has 3 nitrogen and oxygen atoms in total. The van der Waals surface area contributed by atoms with Gasteiger partial charge in [-0.3, -0.25) is 0 Å². The van der Waals surface area contributed by atoms with E-state index in [1.807, 2.05) is 0 Å². The van der Waals surface area contributed by atoms with Crippen LogP contribution in [0.1, 0.15) is 39.5 Å². The van der Waals surface area contributed by atoms with Crippen LogP contribution in [0.5, 0.6) is 0 Å². The molecule has 2 aliphatic rings. The summed E-state index contributed by atoms with van der Waals surface area (Å²) in [6, 6.07) is 0.463. The van der Waals surface area contributed by atoms with Crippen molar-refractivity contribution >= 4 is 0 Å². The summed E-state index contributed by atoms with van der Waals surface area (Å²) in [5.41, 5.74) is 0. The van der Waals surface area contributed by atoms with Crippen molar-refractivity contribution in [3.8, 4) is 0 Å². The van der Waals surface area contributed by atoms with E-state index < -0.39 is 0 Å². The van der Waals surface area contributed by atoms with E-state index in [4.69, 9.17) is 0 Å². The Bertz CT molecular complexity index is 210. The highest BCUT2D eigenvalue weighted by molar-refractivity contribution is 4.83. The van der Waals surface area contributed by atoms with Gasteiger partial charge in [0.1, 0.15) is 0 Å². The van der Waals surface area contributed by atoms with Crippen LogP contribution in [0.3, 0.4) is 0 Å². The predicted molar refractivity (Wildman–Crippen MR) is 71.0 cm³/mol. The van der Waals surface area contributed by atoms with E-state index in [0.717, 1.165) is 24.9 Å². The molecule has 0 heterocycles. The molecular formula is C14H28N2O. The van der Waals surface area contributed by atoms with Crippen LogP contribution in [0.2, 0.25) is 0 Å². The first-order chi connectivity index (χ1) is 8.13. The summed E-state index contributed by atoms with van der Waals surface area (Å²) in [7, 11) is 0. The summed E-state index contributed by atoms with van der Waals surface area (Å²) in [6.07, 6.45) is 5.40. The summed E-state index contributed by atoms with van der Waals surface area (Å²) in [4.78, 5) is 2.50. The summed E-state index contributed by atoms with van der Waals surface area (Å²) >= 11 is 0. The number of aliphatic hydroxyl groups excluding tert-OH is 1. The Morgan fingerprint density at radius 2 is 1.65 bits per heavy atom. The molecule has 17 heavy (non-hydrogen) atoms. The average molecular weight is 240 g/mol. The largest absolute Gasteiger partial charge is 0.390 e. The molecule has 2 rings (SSSR count). The van der Waals surface area contributed by atoms with Gasteiger partial charge in [-0.25, -0.2) is 0 Å². The van der Waals surface area contributed by atoms with E-state index in [1.54, 1.807) is 0 Å². The maximum absolute atomic E-state index is 10.0. The Hall–Kier alpha value is -0.120. The molecule has 0 aliphatic heterocycles. The molecule has 2 N–H and O–H groups in total. The van der Waals surface area contributed by atoms with Crippen LogP contribution in [0, 0.1) is 11.8 Å².